The van der Waals surface area contributed by atoms with Crippen LogP contribution in [0.1, 0.15) is 12.8 Å². The molecule has 0 amide bonds. The summed E-state index contributed by atoms with van der Waals surface area (Å²) in [5.41, 5.74) is 1.94. The number of nitrogens with zero attached hydrogens (tertiary/aromatic N) is 2. The molecule has 2 aromatic rings. The molecular weight excluding hydrogens is 248 g/mol. The average molecular weight is 263 g/mol. The van der Waals surface area contributed by atoms with Gasteiger partial charge in [0.1, 0.15) is 0 Å². The lowest BCUT2D eigenvalue weighted by Gasteiger charge is -2.32. The molecule has 1 N–H and O–H groups in total. The van der Waals surface area contributed by atoms with Gasteiger partial charge in [0.25, 0.3) is 0 Å². The van der Waals surface area contributed by atoms with Crippen molar-refractivity contribution in [1.82, 2.24) is 4.98 Å². The SMILES string of the molecule is O[C@@H]1CCCN(c2ccnc3c(Cl)cccc23)C1. The molecule has 3 rings (SSSR count). The van der Waals surface area contributed by atoms with Gasteiger partial charge in [0.15, 0.2) is 0 Å². The molecule has 0 radical (unpaired) electrons. The van der Waals surface area contributed by atoms with E-state index in [0.717, 1.165) is 36.0 Å². The molecule has 0 bridgehead atoms. The predicted octanol–water partition coefficient (Wildman–Crippen LogP) is 2.85. The van der Waals surface area contributed by atoms with Gasteiger partial charge in [0, 0.05) is 30.4 Å². The van der Waals surface area contributed by atoms with Crippen LogP contribution in [-0.4, -0.2) is 29.3 Å². The van der Waals surface area contributed by atoms with Crippen molar-refractivity contribution in [3.05, 3.63) is 35.5 Å². The molecular formula is C14H15ClN2O. The number of hydrogen-bond donors (Lipinski definition) is 1. The van der Waals surface area contributed by atoms with E-state index in [0.29, 0.717) is 11.6 Å². The van der Waals surface area contributed by atoms with E-state index >= 15 is 0 Å². The molecule has 1 fully saturated rings. The van der Waals surface area contributed by atoms with Crippen LogP contribution in [0.25, 0.3) is 10.9 Å². The fraction of sp³-hybridized carbons (Fsp3) is 0.357. The van der Waals surface area contributed by atoms with E-state index in [1.165, 1.54) is 0 Å². The molecule has 0 spiro atoms. The van der Waals surface area contributed by atoms with Crippen molar-refractivity contribution in [2.24, 2.45) is 0 Å². The third-order valence-corrected chi connectivity index (χ3v) is 3.74. The van der Waals surface area contributed by atoms with E-state index in [9.17, 15) is 5.11 Å². The van der Waals surface area contributed by atoms with Crippen LogP contribution in [0.2, 0.25) is 5.02 Å². The van der Waals surface area contributed by atoms with Crippen LogP contribution in [-0.2, 0) is 0 Å². The van der Waals surface area contributed by atoms with E-state index in [1.807, 2.05) is 24.3 Å². The predicted molar refractivity (Wildman–Crippen MR) is 74.2 cm³/mol. The second-order valence-electron chi connectivity index (χ2n) is 4.71. The monoisotopic (exact) mass is 262 g/mol. The maximum Gasteiger partial charge on any atom is 0.0908 e. The van der Waals surface area contributed by atoms with Crippen molar-refractivity contribution in [1.29, 1.82) is 0 Å². The molecule has 1 aromatic carbocycles. The summed E-state index contributed by atoms with van der Waals surface area (Å²) in [6, 6.07) is 7.82. The normalized spacial score (nSPS) is 20.3. The lowest BCUT2D eigenvalue weighted by atomic mass is 10.1. The number of benzene rings is 1. The Kier molecular flexibility index (Phi) is 3.10. The summed E-state index contributed by atoms with van der Waals surface area (Å²) in [7, 11) is 0. The second-order valence-corrected chi connectivity index (χ2v) is 5.12. The molecule has 1 aromatic heterocycles. The van der Waals surface area contributed by atoms with Crippen molar-refractivity contribution in [2.75, 3.05) is 18.0 Å². The zero-order chi connectivity index (χ0) is 12.5. The summed E-state index contributed by atoms with van der Waals surface area (Å²) in [5.74, 6) is 0. The van der Waals surface area contributed by atoms with Gasteiger partial charge in [-0.25, -0.2) is 0 Å². The lowest BCUT2D eigenvalue weighted by molar-refractivity contribution is 0.154. The number of pyridine rings is 1. The molecule has 1 aliphatic rings. The second kappa shape index (κ2) is 4.75. The number of aromatic nitrogens is 1. The van der Waals surface area contributed by atoms with Gasteiger partial charge in [0.2, 0.25) is 0 Å². The van der Waals surface area contributed by atoms with Crippen LogP contribution in [0.4, 0.5) is 5.69 Å². The Morgan fingerprint density at radius 1 is 1.33 bits per heavy atom. The highest BCUT2D eigenvalue weighted by Crippen LogP contribution is 2.31. The minimum Gasteiger partial charge on any atom is -0.391 e. The van der Waals surface area contributed by atoms with Crippen LogP contribution >= 0.6 is 11.6 Å². The van der Waals surface area contributed by atoms with Gasteiger partial charge in [-0.15, -0.1) is 0 Å². The van der Waals surface area contributed by atoms with Gasteiger partial charge in [0.05, 0.1) is 16.6 Å². The molecule has 0 saturated carbocycles. The average Bonchev–Trinajstić information content (AvgIpc) is 2.39. The van der Waals surface area contributed by atoms with Crippen LogP contribution in [0.3, 0.4) is 0 Å². The highest BCUT2D eigenvalue weighted by Gasteiger charge is 2.19. The number of fused-ring (bicyclic) bond motifs is 1. The summed E-state index contributed by atoms with van der Waals surface area (Å²) < 4.78 is 0. The summed E-state index contributed by atoms with van der Waals surface area (Å²) in [5, 5.41) is 11.5. The summed E-state index contributed by atoms with van der Waals surface area (Å²) in [4.78, 5) is 6.55. The van der Waals surface area contributed by atoms with Crippen LogP contribution < -0.4 is 4.90 Å². The van der Waals surface area contributed by atoms with E-state index in [1.54, 1.807) is 6.20 Å². The minimum atomic E-state index is -0.235. The van der Waals surface area contributed by atoms with Crippen molar-refractivity contribution in [3.63, 3.8) is 0 Å². The lowest BCUT2D eigenvalue weighted by Crippen LogP contribution is -2.38. The number of anilines is 1. The van der Waals surface area contributed by atoms with Crippen LogP contribution in [0.15, 0.2) is 30.5 Å². The van der Waals surface area contributed by atoms with Gasteiger partial charge in [-0.05, 0) is 25.0 Å². The minimum absolute atomic E-state index is 0.235. The Morgan fingerprint density at radius 2 is 2.22 bits per heavy atom. The standard InChI is InChI=1S/C14H15ClN2O/c15-12-5-1-4-11-13(6-7-16-14(11)12)17-8-2-3-10(18)9-17/h1,4-7,10,18H,2-3,8-9H2/t10-/m1/s1. The van der Waals surface area contributed by atoms with Gasteiger partial charge in [-0.3, -0.25) is 4.98 Å². The number of aliphatic hydroxyl groups is 1. The molecule has 3 nitrogen and oxygen atoms in total. The number of β-amino-alcohol motifs (C(OH)–C–C–N with tert-alkyl or cyclic N) is 1. The molecule has 0 aliphatic carbocycles. The Labute approximate surface area is 111 Å². The summed E-state index contributed by atoms with van der Waals surface area (Å²) in [6.07, 6.45) is 3.46. The fourth-order valence-electron chi connectivity index (χ4n) is 2.57. The van der Waals surface area contributed by atoms with Crippen LogP contribution in [0, 0.1) is 0 Å². The van der Waals surface area contributed by atoms with Gasteiger partial charge < -0.3 is 10.0 Å². The van der Waals surface area contributed by atoms with E-state index in [-0.39, 0.29) is 6.10 Å². The molecule has 4 heteroatoms. The van der Waals surface area contributed by atoms with Gasteiger partial charge in [-0.2, -0.15) is 0 Å². The number of aliphatic hydroxyl groups excluding tert-OH is 1. The first-order valence-corrected chi connectivity index (χ1v) is 6.60. The van der Waals surface area contributed by atoms with E-state index in [2.05, 4.69) is 9.88 Å². The molecule has 1 aliphatic heterocycles. The molecule has 94 valence electrons. The van der Waals surface area contributed by atoms with Gasteiger partial charge >= 0.3 is 0 Å². The Hall–Kier alpha value is -1.32. The first-order chi connectivity index (χ1) is 8.75. The Morgan fingerprint density at radius 3 is 3.06 bits per heavy atom. The Bertz CT molecular complexity index is 573. The number of piperidine rings is 1. The molecule has 2 heterocycles. The number of hydrogen-bond acceptors (Lipinski definition) is 3. The van der Waals surface area contributed by atoms with E-state index < -0.39 is 0 Å². The van der Waals surface area contributed by atoms with E-state index in [4.69, 9.17) is 11.6 Å². The maximum absolute atomic E-state index is 9.78. The quantitative estimate of drug-likeness (QED) is 0.859. The molecule has 1 saturated heterocycles. The molecule has 18 heavy (non-hydrogen) atoms. The van der Waals surface area contributed by atoms with Crippen LogP contribution in [0.5, 0.6) is 0 Å². The highest BCUT2D eigenvalue weighted by atomic mass is 35.5. The largest absolute Gasteiger partial charge is 0.391 e. The first-order valence-electron chi connectivity index (χ1n) is 6.22. The maximum atomic E-state index is 9.78. The highest BCUT2D eigenvalue weighted by molar-refractivity contribution is 6.35. The summed E-state index contributed by atoms with van der Waals surface area (Å²) >= 11 is 6.17. The van der Waals surface area contributed by atoms with Gasteiger partial charge in [-0.1, -0.05) is 23.7 Å². The number of rotatable bonds is 1. The molecule has 1 atom stereocenters. The third kappa shape index (κ3) is 2.04. The zero-order valence-electron chi connectivity index (χ0n) is 10.0. The zero-order valence-corrected chi connectivity index (χ0v) is 10.8. The summed E-state index contributed by atoms with van der Waals surface area (Å²) in [6.45, 7) is 1.66. The number of para-hydroxylation sites is 1. The first kappa shape index (κ1) is 11.8. The van der Waals surface area contributed by atoms with Crippen molar-refractivity contribution in [3.8, 4) is 0 Å². The smallest absolute Gasteiger partial charge is 0.0908 e. The van der Waals surface area contributed by atoms with Crippen molar-refractivity contribution >= 4 is 28.2 Å². The fourth-order valence-corrected chi connectivity index (χ4v) is 2.80. The topological polar surface area (TPSA) is 36.4 Å². The third-order valence-electron chi connectivity index (χ3n) is 3.44. The number of halogens is 1. The Balaban J connectivity index is 2.09. The molecule has 0 unspecified atom stereocenters. The van der Waals surface area contributed by atoms with Crippen molar-refractivity contribution in [2.45, 2.75) is 18.9 Å². The van der Waals surface area contributed by atoms with Crippen molar-refractivity contribution < 1.29 is 5.11 Å².